The van der Waals surface area contributed by atoms with Crippen LogP contribution in [0.1, 0.15) is 20.3 Å². The van der Waals surface area contributed by atoms with Crippen molar-refractivity contribution in [1.82, 2.24) is 0 Å². The van der Waals surface area contributed by atoms with Gasteiger partial charge in [0.2, 0.25) is 0 Å². The van der Waals surface area contributed by atoms with Crippen LogP contribution < -0.4 is 10.4 Å². The van der Waals surface area contributed by atoms with Crippen LogP contribution in [0.5, 0.6) is 0 Å². The molecule has 0 radical (unpaired) electrons. The zero-order chi connectivity index (χ0) is 13.2. The topological polar surface area (TPSA) is 0 Å². The van der Waals surface area contributed by atoms with Crippen molar-refractivity contribution in [3.05, 3.63) is 59.0 Å². The fourth-order valence-electron chi connectivity index (χ4n) is 2.93. The standard InChI is InChI=1S/C19H18/c1-3-9-15-14(4-2)16-10-5-6-12-18(16)19-13-8-7-11-17(15)19/h4-13H,3H2,1-2H3/b14-4+,15-9+. The smallest absolute Gasteiger partial charge is 0.00991 e. The van der Waals surface area contributed by atoms with Crippen molar-refractivity contribution in [2.24, 2.45) is 0 Å². The van der Waals surface area contributed by atoms with E-state index in [0.717, 1.165) is 6.42 Å². The molecule has 3 aromatic carbocycles. The van der Waals surface area contributed by atoms with Crippen LogP contribution in [0.15, 0.2) is 48.5 Å². The largest absolute Gasteiger partial charge is 0.0791 e. The van der Waals surface area contributed by atoms with Crippen molar-refractivity contribution >= 4 is 33.7 Å². The first-order valence-electron chi connectivity index (χ1n) is 6.92. The van der Waals surface area contributed by atoms with Crippen molar-refractivity contribution < 1.29 is 0 Å². The van der Waals surface area contributed by atoms with Gasteiger partial charge in [0.05, 0.1) is 0 Å². The monoisotopic (exact) mass is 246 g/mol. The molecule has 0 nitrogen and oxygen atoms in total. The highest BCUT2D eigenvalue weighted by Gasteiger charge is 2.03. The van der Waals surface area contributed by atoms with Crippen LogP contribution in [-0.2, 0) is 0 Å². The third kappa shape index (κ3) is 1.84. The molecular weight excluding hydrogens is 228 g/mol. The second-order valence-corrected chi connectivity index (χ2v) is 4.82. The van der Waals surface area contributed by atoms with Crippen LogP contribution in [0.25, 0.3) is 33.7 Å². The summed E-state index contributed by atoms with van der Waals surface area (Å²) >= 11 is 0. The number of fused-ring (bicyclic) bond motifs is 3. The summed E-state index contributed by atoms with van der Waals surface area (Å²) in [5.74, 6) is 0. The van der Waals surface area contributed by atoms with Crippen molar-refractivity contribution in [1.29, 1.82) is 0 Å². The fraction of sp³-hybridized carbons (Fsp3) is 0.158. The Balaban J connectivity index is 2.75. The highest BCUT2D eigenvalue weighted by atomic mass is 14.1. The first-order valence-corrected chi connectivity index (χ1v) is 6.92. The van der Waals surface area contributed by atoms with Crippen LogP contribution in [0.3, 0.4) is 0 Å². The minimum Gasteiger partial charge on any atom is -0.0791 e. The Morgan fingerprint density at radius 3 is 1.68 bits per heavy atom. The first-order chi connectivity index (χ1) is 9.36. The van der Waals surface area contributed by atoms with Crippen LogP contribution in [0, 0.1) is 0 Å². The van der Waals surface area contributed by atoms with E-state index in [4.69, 9.17) is 0 Å². The summed E-state index contributed by atoms with van der Waals surface area (Å²) in [6.45, 7) is 4.33. The molecule has 0 saturated carbocycles. The Morgan fingerprint density at radius 2 is 1.21 bits per heavy atom. The lowest BCUT2D eigenvalue weighted by Gasteiger charge is -2.07. The Kier molecular flexibility index (Phi) is 3.08. The summed E-state index contributed by atoms with van der Waals surface area (Å²) in [6.07, 6.45) is 5.63. The third-order valence-corrected chi connectivity index (χ3v) is 3.71. The van der Waals surface area contributed by atoms with Crippen LogP contribution in [0.2, 0.25) is 0 Å². The van der Waals surface area contributed by atoms with Gasteiger partial charge in [-0.15, -0.1) is 0 Å². The lowest BCUT2D eigenvalue weighted by molar-refractivity contribution is 1.29. The van der Waals surface area contributed by atoms with E-state index in [1.165, 1.54) is 32.0 Å². The van der Waals surface area contributed by atoms with E-state index in [9.17, 15) is 0 Å². The predicted molar refractivity (Wildman–Crippen MR) is 85.6 cm³/mol. The minimum atomic E-state index is 1.06. The van der Waals surface area contributed by atoms with Gasteiger partial charge in [-0.3, -0.25) is 0 Å². The zero-order valence-electron chi connectivity index (χ0n) is 11.5. The van der Waals surface area contributed by atoms with E-state index >= 15 is 0 Å². The van der Waals surface area contributed by atoms with Gasteiger partial charge in [-0.2, -0.15) is 0 Å². The molecule has 0 aliphatic rings. The molecule has 0 heteroatoms. The van der Waals surface area contributed by atoms with Gasteiger partial charge in [0, 0.05) is 0 Å². The van der Waals surface area contributed by atoms with Crippen molar-refractivity contribution in [3.63, 3.8) is 0 Å². The molecule has 3 aromatic rings. The van der Waals surface area contributed by atoms with Crippen LogP contribution in [-0.4, -0.2) is 0 Å². The highest BCUT2D eigenvalue weighted by molar-refractivity contribution is 6.08. The Bertz CT molecular complexity index is 854. The van der Waals surface area contributed by atoms with Gasteiger partial charge in [-0.05, 0) is 45.3 Å². The second kappa shape index (κ2) is 4.89. The fourth-order valence-corrected chi connectivity index (χ4v) is 2.93. The van der Waals surface area contributed by atoms with Gasteiger partial charge in [0.15, 0.2) is 0 Å². The highest BCUT2D eigenvalue weighted by Crippen LogP contribution is 2.19. The van der Waals surface area contributed by atoms with Crippen molar-refractivity contribution in [3.8, 4) is 0 Å². The van der Waals surface area contributed by atoms with E-state index in [-0.39, 0.29) is 0 Å². The minimum absolute atomic E-state index is 1.06. The summed E-state index contributed by atoms with van der Waals surface area (Å²) in [4.78, 5) is 0. The molecule has 0 saturated heterocycles. The normalized spacial score (nSPS) is 13.6. The zero-order valence-corrected chi connectivity index (χ0v) is 11.5. The maximum atomic E-state index is 2.34. The third-order valence-electron chi connectivity index (χ3n) is 3.71. The SMILES string of the molecule is C/C=c1\c(=C/CC)c2ccccc2c2ccccc12. The molecule has 94 valence electrons. The Hall–Kier alpha value is -2.08. The average Bonchev–Trinajstić information content (AvgIpc) is 2.48. The molecule has 0 aliphatic heterocycles. The molecule has 0 atom stereocenters. The number of rotatable bonds is 1. The van der Waals surface area contributed by atoms with Gasteiger partial charge in [0.1, 0.15) is 0 Å². The molecule has 0 N–H and O–H groups in total. The van der Waals surface area contributed by atoms with Crippen LogP contribution in [0.4, 0.5) is 0 Å². The summed E-state index contributed by atoms with van der Waals surface area (Å²) in [7, 11) is 0. The molecule has 0 fully saturated rings. The molecule has 0 unspecified atom stereocenters. The van der Waals surface area contributed by atoms with Gasteiger partial charge >= 0.3 is 0 Å². The maximum absolute atomic E-state index is 2.34. The molecule has 0 bridgehead atoms. The van der Waals surface area contributed by atoms with E-state index in [1.807, 2.05) is 0 Å². The Morgan fingerprint density at radius 1 is 0.737 bits per heavy atom. The van der Waals surface area contributed by atoms with E-state index in [2.05, 4.69) is 74.5 Å². The Labute approximate surface area is 113 Å². The van der Waals surface area contributed by atoms with E-state index < -0.39 is 0 Å². The van der Waals surface area contributed by atoms with Gasteiger partial charge in [0.25, 0.3) is 0 Å². The lowest BCUT2D eigenvalue weighted by atomic mass is 9.97. The quantitative estimate of drug-likeness (QED) is 0.570. The summed E-state index contributed by atoms with van der Waals surface area (Å²) < 4.78 is 0. The molecule has 0 aromatic heterocycles. The molecule has 3 rings (SSSR count). The van der Waals surface area contributed by atoms with Crippen molar-refractivity contribution in [2.45, 2.75) is 20.3 Å². The van der Waals surface area contributed by atoms with Crippen LogP contribution >= 0.6 is 0 Å². The maximum Gasteiger partial charge on any atom is -0.00991 e. The predicted octanol–water partition coefficient (Wildman–Crippen LogP) is 3.98. The second-order valence-electron chi connectivity index (χ2n) is 4.82. The molecule has 0 aliphatic carbocycles. The molecule has 19 heavy (non-hydrogen) atoms. The van der Waals surface area contributed by atoms with Gasteiger partial charge in [-0.25, -0.2) is 0 Å². The molecular formula is C19H18. The van der Waals surface area contributed by atoms with Gasteiger partial charge < -0.3 is 0 Å². The summed E-state index contributed by atoms with van der Waals surface area (Å²) in [6, 6.07) is 17.4. The lowest BCUT2D eigenvalue weighted by Crippen LogP contribution is -2.26. The molecule has 0 heterocycles. The number of benzene rings is 3. The summed E-state index contributed by atoms with van der Waals surface area (Å²) in [5.41, 5.74) is 0. The van der Waals surface area contributed by atoms with E-state index in [1.54, 1.807) is 0 Å². The van der Waals surface area contributed by atoms with E-state index in [0.29, 0.717) is 0 Å². The average molecular weight is 246 g/mol. The number of hydrogen-bond acceptors (Lipinski definition) is 0. The first kappa shape index (κ1) is 12.0. The number of hydrogen-bond donors (Lipinski definition) is 0. The molecule has 0 amide bonds. The summed E-state index contributed by atoms with van der Waals surface area (Å²) in [5, 5.41) is 8.14. The molecule has 0 spiro atoms. The van der Waals surface area contributed by atoms with Gasteiger partial charge in [-0.1, -0.05) is 67.6 Å². The van der Waals surface area contributed by atoms with Crippen molar-refractivity contribution in [2.75, 3.05) is 0 Å².